The molecule has 0 bridgehead atoms. The van der Waals surface area contributed by atoms with Gasteiger partial charge >= 0.3 is 0 Å². The number of aliphatic hydroxyl groups excluding tert-OH is 1. The van der Waals surface area contributed by atoms with Crippen LogP contribution in [0.5, 0.6) is 5.75 Å². The summed E-state index contributed by atoms with van der Waals surface area (Å²) in [7, 11) is 0. The minimum Gasteiger partial charge on any atom is -0.508 e. The normalized spacial score (nSPS) is 12.3. The summed E-state index contributed by atoms with van der Waals surface area (Å²) in [6.45, 7) is 0. The number of halogens is 1. The van der Waals surface area contributed by atoms with Gasteiger partial charge in [0.05, 0.1) is 6.10 Å². The van der Waals surface area contributed by atoms with Crippen molar-refractivity contribution in [1.29, 1.82) is 0 Å². The molecule has 2 aromatic carbocycles. The third-order valence-corrected chi connectivity index (χ3v) is 3.60. The van der Waals surface area contributed by atoms with Crippen molar-refractivity contribution in [3.05, 3.63) is 64.1 Å². The van der Waals surface area contributed by atoms with Crippen molar-refractivity contribution < 1.29 is 10.2 Å². The van der Waals surface area contributed by atoms with Gasteiger partial charge in [0.15, 0.2) is 0 Å². The molecule has 2 nitrogen and oxygen atoms in total. The monoisotopic (exact) mass is 320 g/mol. The molecule has 0 aliphatic rings. The van der Waals surface area contributed by atoms with Gasteiger partial charge in [-0.2, -0.15) is 0 Å². The molecule has 0 saturated carbocycles. The number of phenols is 1. The van der Waals surface area contributed by atoms with Gasteiger partial charge < -0.3 is 10.2 Å². The fraction of sp³-hybridized carbons (Fsp3) is 0.250. The van der Waals surface area contributed by atoms with Gasteiger partial charge in [-0.05, 0) is 48.6 Å². The zero-order valence-electron chi connectivity index (χ0n) is 10.6. The van der Waals surface area contributed by atoms with E-state index < -0.39 is 0 Å². The summed E-state index contributed by atoms with van der Waals surface area (Å²) in [5, 5.41) is 19.8. The Hall–Kier alpha value is -1.32. The van der Waals surface area contributed by atoms with Crippen LogP contribution in [0.3, 0.4) is 0 Å². The lowest BCUT2D eigenvalue weighted by molar-refractivity contribution is 0.165. The fourth-order valence-corrected chi connectivity index (χ4v) is 2.47. The highest BCUT2D eigenvalue weighted by Crippen LogP contribution is 2.23. The van der Waals surface area contributed by atoms with E-state index in [1.165, 1.54) is 0 Å². The molecule has 0 heterocycles. The smallest absolute Gasteiger partial charge is 0.118 e. The maximum Gasteiger partial charge on any atom is 0.118 e. The first kappa shape index (κ1) is 14.1. The van der Waals surface area contributed by atoms with Crippen LogP contribution in [0.1, 0.15) is 17.5 Å². The zero-order valence-corrected chi connectivity index (χ0v) is 12.2. The highest BCUT2D eigenvalue weighted by Gasteiger charge is 2.08. The summed E-state index contributed by atoms with van der Waals surface area (Å²) in [6.07, 6.45) is 1.56. The molecule has 1 unspecified atom stereocenters. The second-order valence-corrected chi connectivity index (χ2v) is 5.57. The molecule has 0 radical (unpaired) electrons. The lowest BCUT2D eigenvalue weighted by Crippen LogP contribution is -2.11. The van der Waals surface area contributed by atoms with Gasteiger partial charge in [0.2, 0.25) is 0 Å². The van der Waals surface area contributed by atoms with Gasteiger partial charge in [0.1, 0.15) is 5.75 Å². The Morgan fingerprint density at radius 3 is 2.53 bits per heavy atom. The average Bonchev–Trinajstić information content (AvgIpc) is 2.41. The Bertz CT molecular complexity index is 526. The number of hydrogen-bond acceptors (Lipinski definition) is 2. The molecule has 1 atom stereocenters. The number of rotatable bonds is 5. The van der Waals surface area contributed by atoms with Crippen LogP contribution in [-0.2, 0) is 12.8 Å². The van der Waals surface area contributed by atoms with Crippen LogP contribution in [-0.4, -0.2) is 16.3 Å². The molecule has 2 aromatic rings. The number of hydrogen-bond donors (Lipinski definition) is 2. The zero-order chi connectivity index (χ0) is 13.7. The lowest BCUT2D eigenvalue weighted by atomic mass is 10.0. The molecule has 3 heteroatoms. The van der Waals surface area contributed by atoms with Crippen molar-refractivity contribution >= 4 is 15.9 Å². The predicted octanol–water partition coefficient (Wildman–Crippen LogP) is 3.69. The number of benzene rings is 2. The Morgan fingerprint density at radius 1 is 1.05 bits per heavy atom. The topological polar surface area (TPSA) is 40.5 Å². The lowest BCUT2D eigenvalue weighted by Gasteiger charge is -2.11. The molecule has 0 aliphatic carbocycles. The van der Waals surface area contributed by atoms with Crippen LogP contribution in [0.15, 0.2) is 53.0 Å². The SMILES string of the molecule is Oc1ccc(Br)cc1CCC(O)Cc1ccccc1. The van der Waals surface area contributed by atoms with Crippen molar-refractivity contribution in [2.45, 2.75) is 25.4 Å². The number of aromatic hydroxyl groups is 1. The van der Waals surface area contributed by atoms with E-state index in [1.54, 1.807) is 12.1 Å². The van der Waals surface area contributed by atoms with E-state index in [-0.39, 0.29) is 11.9 Å². The van der Waals surface area contributed by atoms with Crippen LogP contribution in [0.4, 0.5) is 0 Å². The van der Waals surface area contributed by atoms with Gasteiger partial charge in [-0.25, -0.2) is 0 Å². The molecule has 0 spiro atoms. The average molecular weight is 321 g/mol. The highest BCUT2D eigenvalue weighted by atomic mass is 79.9. The van der Waals surface area contributed by atoms with Crippen LogP contribution >= 0.6 is 15.9 Å². The van der Waals surface area contributed by atoms with Crippen molar-refractivity contribution in [3.8, 4) is 5.75 Å². The first-order valence-corrected chi connectivity index (χ1v) is 7.14. The second kappa shape index (κ2) is 6.73. The molecule has 2 rings (SSSR count). The fourth-order valence-electron chi connectivity index (χ4n) is 2.06. The van der Waals surface area contributed by atoms with E-state index in [9.17, 15) is 10.2 Å². The quantitative estimate of drug-likeness (QED) is 0.882. The summed E-state index contributed by atoms with van der Waals surface area (Å²) >= 11 is 3.38. The van der Waals surface area contributed by atoms with Crippen molar-refractivity contribution in [2.75, 3.05) is 0 Å². The van der Waals surface area contributed by atoms with Crippen molar-refractivity contribution in [3.63, 3.8) is 0 Å². The molecule has 0 aromatic heterocycles. The summed E-state index contributed by atoms with van der Waals surface area (Å²) in [6, 6.07) is 15.3. The summed E-state index contributed by atoms with van der Waals surface area (Å²) < 4.78 is 0.942. The molecule has 0 aliphatic heterocycles. The summed E-state index contributed by atoms with van der Waals surface area (Å²) in [4.78, 5) is 0. The van der Waals surface area contributed by atoms with E-state index in [0.29, 0.717) is 19.3 Å². The van der Waals surface area contributed by atoms with E-state index in [1.807, 2.05) is 36.4 Å². The van der Waals surface area contributed by atoms with Crippen LogP contribution < -0.4 is 0 Å². The third-order valence-electron chi connectivity index (χ3n) is 3.10. The molecular weight excluding hydrogens is 304 g/mol. The second-order valence-electron chi connectivity index (χ2n) is 4.66. The number of aryl methyl sites for hydroxylation is 1. The van der Waals surface area contributed by atoms with Gasteiger partial charge in [0, 0.05) is 4.47 Å². The van der Waals surface area contributed by atoms with E-state index >= 15 is 0 Å². The summed E-state index contributed by atoms with van der Waals surface area (Å²) in [5.41, 5.74) is 2.00. The van der Waals surface area contributed by atoms with Crippen LogP contribution in [0, 0.1) is 0 Å². The molecule has 0 amide bonds. The minimum absolute atomic E-state index is 0.287. The molecule has 0 fully saturated rings. The maximum absolute atomic E-state index is 10.0. The van der Waals surface area contributed by atoms with E-state index in [0.717, 1.165) is 15.6 Å². The molecule has 100 valence electrons. The largest absolute Gasteiger partial charge is 0.508 e. The van der Waals surface area contributed by atoms with Gasteiger partial charge in [-0.15, -0.1) is 0 Å². The third kappa shape index (κ3) is 4.37. The maximum atomic E-state index is 10.0. The Balaban J connectivity index is 1.90. The van der Waals surface area contributed by atoms with Crippen molar-refractivity contribution in [2.24, 2.45) is 0 Å². The van der Waals surface area contributed by atoms with Gasteiger partial charge in [-0.1, -0.05) is 46.3 Å². The van der Waals surface area contributed by atoms with Crippen molar-refractivity contribution in [1.82, 2.24) is 0 Å². The molecular formula is C16H17BrO2. The van der Waals surface area contributed by atoms with Crippen LogP contribution in [0.2, 0.25) is 0 Å². The number of aliphatic hydroxyl groups is 1. The number of phenolic OH excluding ortho intramolecular Hbond substituents is 1. The van der Waals surface area contributed by atoms with Crippen LogP contribution in [0.25, 0.3) is 0 Å². The standard InChI is InChI=1S/C16H17BrO2/c17-14-7-9-16(19)13(11-14)6-8-15(18)10-12-4-2-1-3-5-12/h1-5,7,9,11,15,18-19H,6,8,10H2. The van der Waals surface area contributed by atoms with E-state index in [4.69, 9.17) is 0 Å². The minimum atomic E-state index is -0.388. The first-order valence-electron chi connectivity index (χ1n) is 6.34. The molecule has 19 heavy (non-hydrogen) atoms. The van der Waals surface area contributed by atoms with E-state index in [2.05, 4.69) is 15.9 Å². The first-order chi connectivity index (χ1) is 9.15. The Morgan fingerprint density at radius 2 is 1.79 bits per heavy atom. The Kier molecular flexibility index (Phi) is 5.00. The Labute approximate surface area is 121 Å². The van der Waals surface area contributed by atoms with Gasteiger partial charge in [0.25, 0.3) is 0 Å². The van der Waals surface area contributed by atoms with Gasteiger partial charge in [-0.3, -0.25) is 0 Å². The molecule has 0 saturated heterocycles. The highest BCUT2D eigenvalue weighted by molar-refractivity contribution is 9.10. The summed E-state index contributed by atoms with van der Waals surface area (Å²) in [5.74, 6) is 0.287. The molecule has 2 N–H and O–H groups in total. The predicted molar refractivity (Wildman–Crippen MR) is 80.3 cm³/mol.